The molecule has 3 nitrogen and oxygen atoms in total. The highest BCUT2D eigenvalue weighted by Crippen LogP contribution is 2.07. The van der Waals surface area contributed by atoms with Gasteiger partial charge in [-0.25, -0.2) is 0 Å². The smallest absolute Gasteiger partial charge is 0.104 e. The minimum atomic E-state index is 0.302. The summed E-state index contributed by atoms with van der Waals surface area (Å²) in [6, 6.07) is 0. The molecule has 1 unspecified atom stereocenters. The molecule has 1 saturated heterocycles. The van der Waals surface area contributed by atoms with E-state index in [4.69, 9.17) is 9.47 Å². The van der Waals surface area contributed by atoms with Crippen LogP contribution < -0.4 is 5.32 Å². The SMILES string of the molecule is CC(C)CCNCC(C)OC1COC1. The second kappa shape index (κ2) is 6.38. The number of hydrogen-bond donors (Lipinski definition) is 1. The van der Waals surface area contributed by atoms with E-state index in [0.29, 0.717) is 12.2 Å². The first-order chi connectivity index (χ1) is 6.68. The monoisotopic (exact) mass is 201 g/mol. The van der Waals surface area contributed by atoms with E-state index in [2.05, 4.69) is 26.1 Å². The van der Waals surface area contributed by atoms with Crippen molar-refractivity contribution in [2.75, 3.05) is 26.3 Å². The molecule has 0 aromatic heterocycles. The molecule has 0 saturated carbocycles. The third-order valence-corrected chi connectivity index (χ3v) is 2.36. The fraction of sp³-hybridized carbons (Fsp3) is 1.00. The van der Waals surface area contributed by atoms with Gasteiger partial charge >= 0.3 is 0 Å². The van der Waals surface area contributed by atoms with Gasteiger partial charge < -0.3 is 14.8 Å². The molecule has 0 amide bonds. The van der Waals surface area contributed by atoms with E-state index in [1.165, 1.54) is 6.42 Å². The fourth-order valence-electron chi connectivity index (χ4n) is 1.37. The van der Waals surface area contributed by atoms with Gasteiger partial charge in [-0.05, 0) is 25.8 Å². The third kappa shape index (κ3) is 4.94. The summed E-state index contributed by atoms with van der Waals surface area (Å²) in [4.78, 5) is 0. The molecule has 1 aliphatic heterocycles. The van der Waals surface area contributed by atoms with Crippen LogP contribution >= 0.6 is 0 Å². The molecule has 1 atom stereocenters. The Morgan fingerprint density at radius 1 is 1.36 bits per heavy atom. The minimum absolute atomic E-state index is 0.302. The number of ether oxygens (including phenoxy) is 2. The molecule has 84 valence electrons. The van der Waals surface area contributed by atoms with Gasteiger partial charge in [-0.2, -0.15) is 0 Å². The van der Waals surface area contributed by atoms with Crippen molar-refractivity contribution < 1.29 is 9.47 Å². The van der Waals surface area contributed by atoms with Crippen LogP contribution in [-0.4, -0.2) is 38.5 Å². The second-order valence-electron chi connectivity index (χ2n) is 4.49. The van der Waals surface area contributed by atoms with Crippen molar-refractivity contribution in [1.29, 1.82) is 0 Å². The normalized spacial score (nSPS) is 19.7. The fourth-order valence-corrected chi connectivity index (χ4v) is 1.37. The number of nitrogens with one attached hydrogen (secondary N) is 1. The van der Waals surface area contributed by atoms with Crippen LogP contribution in [0.25, 0.3) is 0 Å². The summed E-state index contributed by atoms with van der Waals surface area (Å²) in [5.41, 5.74) is 0. The average molecular weight is 201 g/mol. The van der Waals surface area contributed by atoms with E-state index in [1.54, 1.807) is 0 Å². The molecule has 1 aliphatic rings. The van der Waals surface area contributed by atoms with Gasteiger partial charge in [0.2, 0.25) is 0 Å². The zero-order chi connectivity index (χ0) is 10.4. The Balaban J connectivity index is 1.89. The first-order valence-corrected chi connectivity index (χ1v) is 5.62. The second-order valence-corrected chi connectivity index (χ2v) is 4.49. The van der Waals surface area contributed by atoms with Crippen LogP contribution in [0.5, 0.6) is 0 Å². The van der Waals surface area contributed by atoms with Gasteiger partial charge in [0.05, 0.1) is 19.3 Å². The van der Waals surface area contributed by atoms with Crippen molar-refractivity contribution in [3.63, 3.8) is 0 Å². The van der Waals surface area contributed by atoms with Crippen molar-refractivity contribution >= 4 is 0 Å². The van der Waals surface area contributed by atoms with Crippen molar-refractivity contribution in [3.8, 4) is 0 Å². The predicted octanol–water partition coefficient (Wildman–Crippen LogP) is 1.43. The maximum absolute atomic E-state index is 5.71. The van der Waals surface area contributed by atoms with Crippen LogP contribution in [0.2, 0.25) is 0 Å². The molecular formula is C11H23NO2. The summed E-state index contributed by atoms with van der Waals surface area (Å²) in [6.07, 6.45) is 1.88. The molecule has 14 heavy (non-hydrogen) atoms. The van der Waals surface area contributed by atoms with Crippen LogP contribution in [0.3, 0.4) is 0 Å². The van der Waals surface area contributed by atoms with E-state index in [1.807, 2.05) is 0 Å². The summed E-state index contributed by atoms with van der Waals surface area (Å²) in [7, 11) is 0. The number of hydrogen-bond acceptors (Lipinski definition) is 3. The van der Waals surface area contributed by atoms with Crippen molar-refractivity contribution in [2.45, 2.75) is 39.4 Å². The zero-order valence-corrected chi connectivity index (χ0v) is 9.58. The Hall–Kier alpha value is -0.120. The Morgan fingerprint density at radius 3 is 2.57 bits per heavy atom. The van der Waals surface area contributed by atoms with Crippen molar-refractivity contribution in [3.05, 3.63) is 0 Å². The molecule has 1 fully saturated rings. The van der Waals surface area contributed by atoms with Crippen LogP contribution in [0.1, 0.15) is 27.2 Å². The van der Waals surface area contributed by atoms with E-state index < -0.39 is 0 Å². The maximum atomic E-state index is 5.71. The molecule has 0 spiro atoms. The van der Waals surface area contributed by atoms with Gasteiger partial charge in [0, 0.05) is 6.54 Å². The average Bonchev–Trinajstić information content (AvgIpc) is 2.05. The van der Waals surface area contributed by atoms with Gasteiger partial charge in [-0.15, -0.1) is 0 Å². The van der Waals surface area contributed by atoms with Gasteiger partial charge in [0.15, 0.2) is 0 Å². The van der Waals surface area contributed by atoms with Crippen molar-refractivity contribution in [1.82, 2.24) is 5.32 Å². The highest BCUT2D eigenvalue weighted by atomic mass is 16.6. The molecule has 0 aromatic rings. The molecule has 0 aliphatic carbocycles. The van der Waals surface area contributed by atoms with Crippen LogP contribution in [0.15, 0.2) is 0 Å². The van der Waals surface area contributed by atoms with Gasteiger partial charge in [-0.1, -0.05) is 13.8 Å². The summed E-state index contributed by atoms with van der Waals surface area (Å²) in [6.45, 7) is 10.2. The quantitative estimate of drug-likeness (QED) is 0.632. The summed E-state index contributed by atoms with van der Waals surface area (Å²) < 4.78 is 10.8. The summed E-state index contributed by atoms with van der Waals surface area (Å²) in [5.74, 6) is 0.777. The van der Waals surface area contributed by atoms with Crippen molar-refractivity contribution in [2.24, 2.45) is 5.92 Å². The molecule has 3 heteroatoms. The third-order valence-electron chi connectivity index (χ3n) is 2.36. The molecule has 0 aromatic carbocycles. The lowest BCUT2D eigenvalue weighted by Gasteiger charge is -2.29. The molecule has 1 heterocycles. The van der Waals surface area contributed by atoms with E-state index in [-0.39, 0.29) is 0 Å². The minimum Gasteiger partial charge on any atom is -0.376 e. The highest BCUT2D eigenvalue weighted by molar-refractivity contribution is 4.67. The highest BCUT2D eigenvalue weighted by Gasteiger charge is 2.20. The van der Waals surface area contributed by atoms with E-state index >= 15 is 0 Å². The Labute approximate surface area is 87.2 Å². The van der Waals surface area contributed by atoms with Gasteiger partial charge in [-0.3, -0.25) is 0 Å². The molecule has 1 N–H and O–H groups in total. The molecule has 0 radical (unpaired) electrons. The Bertz CT molecular complexity index is 146. The standard InChI is InChI=1S/C11H23NO2/c1-9(2)4-5-12-6-10(3)14-11-7-13-8-11/h9-12H,4-8H2,1-3H3. The van der Waals surface area contributed by atoms with E-state index in [9.17, 15) is 0 Å². The van der Waals surface area contributed by atoms with Crippen LogP contribution in [0, 0.1) is 5.92 Å². The van der Waals surface area contributed by atoms with E-state index in [0.717, 1.165) is 32.2 Å². The Kier molecular flexibility index (Phi) is 5.45. The Morgan fingerprint density at radius 2 is 2.07 bits per heavy atom. The molecular weight excluding hydrogens is 178 g/mol. The topological polar surface area (TPSA) is 30.5 Å². The molecule has 0 bridgehead atoms. The van der Waals surface area contributed by atoms with Gasteiger partial charge in [0.1, 0.15) is 6.10 Å². The maximum Gasteiger partial charge on any atom is 0.104 e. The zero-order valence-electron chi connectivity index (χ0n) is 9.58. The predicted molar refractivity (Wildman–Crippen MR) is 57.5 cm³/mol. The molecule has 1 rings (SSSR count). The lowest BCUT2D eigenvalue weighted by atomic mass is 10.1. The number of rotatable bonds is 7. The lowest BCUT2D eigenvalue weighted by Crippen LogP contribution is -2.41. The summed E-state index contributed by atoms with van der Waals surface area (Å²) in [5, 5.41) is 3.40. The van der Waals surface area contributed by atoms with Gasteiger partial charge in [0.25, 0.3) is 0 Å². The summed E-state index contributed by atoms with van der Waals surface area (Å²) >= 11 is 0. The lowest BCUT2D eigenvalue weighted by molar-refractivity contribution is -0.149. The first-order valence-electron chi connectivity index (χ1n) is 5.62. The largest absolute Gasteiger partial charge is 0.376 e. The van der Waals surface area contributed by atoms with Crippen LogP contribution in [0.4, 0.5) is 0 Å². The van der Waals surface area contributed by atoms with Crippen LogP contribution in [-0.2, 0) is 9.47 Å². The first kappa shape index (κ1) is 12.0.